The summed E-state index contributed by atoms with van der Waals surface area (Å²) in [6.45, 7) is 6.58. The first-order valence-electron chi connectivity index (χ1n) is 8.78. The van der Waals surface area contributed by atoms with Crippen LogP contribution in [0.2, 0.25) is 0 Å². The third-order valence-corrected chi connectivity index (χ3v) is 4.85. The third kappa shape index (κ3) is 3.86. The number of ether oxygens (including phenoxy) is 3. The number of likely N-dealkylation sites (tertiary alicyclic amines) is 1. The number of fused-ring (bicyclic) bond motifs is 1. The Labute approximate surface area is 152 Å². The summed E-state index contributed by atoms with van der Waals surface area (Å²) < 4.78 is 16.2. The van der Waals surface area contributed by atoms with Crippen molar-refractivity contribution in [2.45, 2.75) is 51.0 Å². The Balaban J connectivity index is 1.78. The SMILES string of the molecule is CC(C)(C)OC(=O)N1CCC(CC(=O)O)(c2ccc3c(c2)OCO3)CC1. The normalized spacial score (nSPS) is 18.5. The summed E-state index contributed by atoms with van der Waals surface area (Å²) in [6.07, 6.45) is 0.762. The first kappa shape index (κ1) is 18.4. The Morgan fingerprint density at radius 2 is 1.85 bits per heavy atom. The molecule has 0 aromatic heterocycles. The van der Waals surface area contributed by atoms with Gasteiger partial charge in [0.05, 0.1) is 6.42 Å². The van der Waals surface area contributed by atoms with Gasteiger partial charge in [-0.05, 0) is 51.3 Å². The van der Waals surface area contributed by atoms with Crippen LogP contribution >= 0.6 is 0 Å². The van der Waals surface area contributed by atoms with E-state index in [1.807, 2.05) is 39.0 Å². The molecule has 142 valence electrons. The second-order valence-corrected chi connectivity index (χ2v) is 7.89. The van der Waals surface area contributed by atoms with Gasteiger partial charge in [0, 0.05) is 18.5 Å². The second kappa shape index (κ2) is 6.70. The average molecular weight is 363 g/mol. The number of nitrogens with zero attached hydrogens (tertiary/aromatic N) is 1. The lowest BCUT2D eigenvalue weighted by Gasteiger charge is -2.41. The summed E-state index contributed by atoms with van der Waals surface area (Å²) in [7, 11) is 0. The number of hydrogen-bond acceptors (Lipinski definition) is 5. The minimum absolute atomic E-state index is 0.00873. The number of aliphatic carboxylic acids is 1. The average Bonchev–Trinajstić information content (AvgIpc) is 3.00. The van der Waals surface area contributed by atoms with Crippen molar-refractivity contribution in [2.24, 2.45) is 0 Å². The van der Waals surface area contributed by atoms with Gasteiger partial charge >= 0.3 is 12.1 Å². The van der Waals surface area contributed by atoms with E-state index in [-0.39, 0.29) is 19.3 Å². The summed E-state index contributed by atoms with van der Waals surface area (Å²) >= 11 is 0. The molecule has 0 radical (unpaired) electrons. The summed E-state index contributed by atoms with van der Waals surface area (Å²) in [5, 5.41) is 9.45. The Bertz CT molecular complexity index is 700. The molecule has 7 nitrogen and oxygen atoms in total. The van der Waals surface area contributed by atoms with E-state index < -0.39 is 17.0 Å². The van der Waals surface area contributed by atoms with Crippen LogP contribution in [0, 0.1) is 0 Å². The number of carboxylic acid groups (broad SMARTS) is 1. The molecule has 2 heterocycles. The zero-order valence-electron chi connectivity index (χ0n) is 15.4. The minimum atomic E-state index is -0.853. The molecule has 0 saturated carbocycles. The van der Waals surface area contributed by atoms with E-state index >= 15 is 0 Å². The number of piperidine rings is 1. The predicted molar refractivity (Wildman–Crippen MR) is 93.5 cm³/mol. The van der Waals surface area contributed by atoms with E-state index in [1.54, 1.807) is 4.90 Å². The number of carbonyl (C=O) groups excluding carboxylic acids is 1. The molecular weight excluding hydrogens is 338 g/mol. The van der Waals surface area contributed by atoms with Crippen molar-refractivity contribution in [2.75, 3.05) is 19.9 Å². The zero-order chi connectivity index (χ0) is 18.9. The van der Waals surface area contributed by atoms with Gasteiger partial charge < -0.3 is 24.2 Å². The van der Waals surface area contributed by atoms with E-state index in [0.717, 1.165) is 5.56 Å². The van der Waals surface area contributed by atoms with Crippen LogP contribution in [0.1, 0.15) is 45.6 Å². The Morgan fingerprint density at radius 3 is 2.46 bits per heavy atom. The van der Waals surface area contributed by atoms with Crippen molar-refractivity contribution >= 4 is 12.1 Å². The first-order chi connectivity index (χ1) is 12.2. The van der Waals surface area contributed by atoms with Gasteiger partial charge in [-0.3, -0.25) is 4.79 Å². The molecule has 0 unspecified atom stereocenters. The van der Waals surface area contributed by atoms with Crippen LogP contribution in [0.3, 0.4) is 0 Å². The number of rotatable bonds is 3. The quantitative estimate of drug-likeness (QED) is 0.888. The van der Waals surface area contributed by atoms with Gasteiger partial charge in [0.25, 0.3) is 0 Å². The zero-order valence-corrected chi connectivity index (χ0v) is 15.4. The van der Waals surface area contributed by atoms with Crippen LogP contribution in [0.15, 0.2) is 18.2 Å². The summed E-state index contributed by atoms with van der Waals surface area (Å²) in [4.78, 5) is 25.5. The maximum absolute atomic E-state index is 12.3. The van der Waals surface area contributed by atoms with Crippen LogP contribution in [0.4, 0.5) is 4.79 Å². The molecule has 1 saturated heterocycles. The molecule has 0 atom stereocenters. The topological polar surface area (TPSA) is 85.3 Å². The Hall–Kier alpha value is -2.44. The molecule has 0 bridgehead atoms. The number of hydrogen-bond donors (Lipinski definition) is 1. The fraction of sp³-hybridized carbons (Fsp3) is 0.579. The van der Waals surface area contributed by atoms with Gasteiger partial charge in [0.1, 0.15) is 5.60 Å². The van der Waals surface area contributed by atoms with Crippen LogP contribution in [0.25, 0.3) is 0 Å². The van der Waals surface area contributed by atoms with Gasteiger partial charge in [-0.15, -0.1) is 0 Å². The number of benzene rings is 1. The first-order valence-corrected chi connectivity index (χ1v) is 8.78. The fourth-order valence-corrected chi connectivity index (χ4v) is 3.53. The molecule has 1 aromatic carbocycles. The Kier molecular flexibility index (Phi) is 4.73. The number of amides is 1. The molecule has 1 N–H and O–H groups in total. The highest BCUT2D eigenvalue weighted by atomic mass is 16.7. The van der Waals surface area contributed by atoms with Crippen LogP contribution in [0.5, 0.6) is 11.5 Å². The molecule has 0 spiro atoms. The smallest absolute Gasteiger partial charge is 0.410 e. The van der Waals surface area contributed by atoms with Crippen LogP contribution < -0.4 is 9.47 Å². The summed E-state index contributed by atoms with van der Waals surface area (Å²) in [5.41, 5.74) is -0.178. The Morgan fingerprint density at radius 1 is 1.19 bits per heavy atom. The van der Waals surface area contributed by atoms with Gasteiger partial charge in [-0.2, -0.15) is 0 Å². The van der Waals surface area contributed by atoms with E-state index in [9.17, 15) is 14.7 Å². The monoisotopic (exact) mass is 363 g/mol. The molecule has 3 rings (SSSR count). The van der Waals surface area contributed by atoms with Crippen molar-refractivity contribution < 1.29 is 28.9 Å². The van der Waals surface area contributed by atoms with E-state index in [0.29, 0.717) is 37.4 Å². The van der Waals surface area contributed by atoms with Crippen molar-refractivity contribution in [3.8, 4) is 11.5 Å². The molecule has 1 fully saturated rings. The second-order valence-electron chi connectivity index (χ2n) is 7.89. The number of carboxylic acids is 1. The lowest BCUT2D eigenvalue weighted by atomic mass is 9.70. The molecule has 26 heavy (non-hydrogen) atoms. The van der Waals surface area contributed by atoms with Crippen molar-refractivity contribution in [3.05, 3.63) is 23.8 Å². The maximum atomic E-state index is 12.3. The standard InChI is InChI=1S/C19H25NO6/c1-18(2,3)26-17(23)20-8-6-19(7-9-20,11-16(21)22)13-4-5-14-15(10-13)25-12-24-14/h4-5,10H,6-9,11-12H2,1-3H3,(H,21,22). The third-order valence-electron chi connectivity index (χ3n) is 4.85. The van der Waals surface area contributed by atoms with Crippen molar-refractivity contribution in [3.63, 3.8) is 0 Å². The molecular formula is C19H25NO6. The molecule has 7 heteroatoms. The fourth-order valence-electron chi connectivity index (χ4n) is 3.53. The molecule has 1 aromatic rings. The van der Waals surface area contributed by atoms with Gasteiger partial charge in [-0.25, -0.2) is 4.79 Å². The minimum Gasteiger partial charge on any atom is -0.481 e. The van der Waals surface area contributed by atoms with Gasteiger partial charge in [-0.1, -0.05) is 6.07 Å². The van der Waals surface area contributed by atoms with Crippen molar-refractivity contribution in [1.82, 2.24) is 4.90 Å². The van der Waals surface area contributed by atoms with Crippen LogP contribution in [-0.2, 0) is 14.9 Å². The molecule has 2 aliphatic rings. The maximum Gasteiger partial charge on any atom is 0.410 e. The lowest BCUT2D eigenvalue weighted by molar-refractivity contribution is -0.139. The van der Waals surface area contributed by atoms with E-state index in [4.69, 9.17) is 14.2 Å². The predicted octanol–water partition coefficient (Wildman–Crippen LogP) is 3.16. The van der Waals surface area contributed by atoms with E-state index in [1.165, 1.54) is 0 Å². The lowest BCUT2D eigenvalue weighted by Crippen LogP contribution is -2.47. The number of carbonyl (C=O) groups is 2. The highest BCUT2D eigenvalue weighted by molar-refractivity contribution is 5.70. The van der Waals surface area contributed by atoms with Gasteiger partial charge in [0.2, 0.25) is 6.79 Å². The molecule has 0 aliphatic carbocycles. The van der Waals surface area contributed by atoms with E-state index in [2.05, 4.69) is 0 Å². The molecule has 1 amide bonds. The largest absolute Gasteiger partial charge is 0.481 e. The highest BCUT2D eigenvalue weighted by Crippen LogP contribution is 2.43. The van der Waals surface area contributed by atoms with Crippen molar-refractivity contribution in [1.29, 1.82) is 0 Å². The highest BCUT2D eigenvalue weighted by Gasteiger charge is 2.40. The van der Waals surface area contributed by atoms with Crippen LogP contribution in [-0.4, -0.2) is 47.6 Å². The summed E-state index contributed by atoms with van der Waals surface area (Å²) in [6, 6.07) is 5.59. The summed E-state index contributed by atoms with van der Waals surface area (Å²) in [5.74, 6) is 0.459. The molecule has 2 aliphatic heterocycles. The van der Waals surface area contributed by atoms with Gasteiger partial charge in [0.15, 0.2) is 11.5 Å².